The van der Waals surface area contributed by atoms with Crippen molar-refractivity contribution in [1.29, 1.82) is 0 Å². The molecule has 1 saturated heterocycles. The average molecular weight is 401 g/mol. The lowest BCUT2D eigenvalue weighted by molar-refractivity contribution is 0.0788. The molecule has 1 aliphatic heterocycles. The number of nitrogens with zero attached hydrogens (tertiary/aromatic N) is 3. The maximum atomic E-state index is 13.2. The molecule has 28 heavy (non-hydrogen) atoms. The minimum Gasteiger partial charge on any atom is -0.360 e. The Hall–Kier alpha value is -2.57. The van der Waals surface area contributed by atoms with Crippen LogP contribution in [0, 0.1) is 20.8 Å². The van der Waals surface area contributed by atoms with Crippen LogP contribution in [-0.2, 0) is 0 Å². The maximum Gasteiger partial charge on any atom is 0.255 e. The Bertz CT molecular complexity index is 980. The van der Waals surface area contributed by atoms with Crippen LogP contribution in [0.25, 0.3) is 5.82 Å². The van der Waals surface area contributed by atoms with E-state index in [1.165, 1.54) is 5.56 Å². The monoisotopic (exact) mass is 400 g/mol. The molecule has 2 aromatic heterocycles. The van der Waals surface area contributed by atoms with Crippen LogP contribution in [0.2, 0.25) is 0 Å². The first kappa shape index (κ1) is 20.2. The Kier molecular flexibility index (Phi) is 5.63. The van der Waals surface area contributed by atoms with Crippen LogP contribution in [0.4, 0.5) is 0 Å². The number of hydrogen-bond acceptors (Lipinski definition) is 4. The van der Waals surface area contributed by atoms with Gasteiger partial charge in [0.15, 0.2) is 5.82 Å². The molecule has 1 aliphatic rings. The first-order chi connectivity index (χ1) is 13.0. The van der Waals surface area contributed by atoms with Gasteiger partial charge in [0.25, 0.3) is 5.91 Å². The van der Waals surface area contributed by atoms with Crippen LogP contribution < -0.4 is 5.73 Å². The second kappa shape index (κ2) is 7.81. The van der Waals surface area contributed by atoms with Gasteiger partial charge in [-0.1, -0.05) is 35.5 Å². The van der Waals surface area contributed by atoms with Gasteiger partial charge in [-0.25, -0.2) is 0 Å². The van der Waals surface area contributed by atoms with Gasteiger partial charge in [0.05, 0.1) is 5.56 Å². The van der Waals surface area contributed by atoms with Crippen LogP contribution >= 0.6 is 12.4 Å². The Balaban J connectivity index is 0.00000225. The number of hydrogen-bond donors (Lipinski definition) is 1. The maximum absolute atomic E-state index is 13.2. The van der Waals surface area contributed by atoms with Gasteiger partial charge in [0.1, 0.15) is 5.76 Å². The van der Waals surface area contributed by atoms with E-state index in [0.29, 0.717) is 24.5 Å². The van der Waals surface area contributed by atoms with E-state index in [-0.39, 0.29) is 30.3 Å². The van der Waals surface area contributed by atoms with Crippen molar-refractivity contribution in [2.45, 2.75) is 32.7 Å². The van der Waals surface area contributed by atoms with Crippen molar-refractivity contribution >= 4 is 18.3 Å². The number of aromatic nitrogens is 2. The highest BCUT2D eigenvalue weighted by molar-refractivity contribution is 5.96. The Morgan fingerprint density at radius 3 is 2.50 bits per heavy atom. The number of halogens is 1. The molecule has 1 aromatic carbocycles. The predicted octanol–water partition coefficient (Wildman–Crippen LogP) is 3.38. The minimum atomic E-state index is -0.0574. The summed E-state index contributed by atoms with van der Waals surface area (Å²) < 4.78 is 7.15. The van der Waals surface area contributed by atoms with E-state index in [2.05, 4.69) is 17.3 Å². The number of amides is 1. The van der Waals surface area contributed by atoms with Gasteiger partial charge in [0, 0.05) is 42.5 Å². The van der Waals surface area contributed by atoms with E-state index in [1.54, 1.807) is 0 Å². The number of carbonyl (C=O) groups is 1. The zero-order valence-corrected chi connectivity index (χ0v) is 17.1. The summed E-state index contributed by atoms with van der Waals surface area (Å²) in [6.45, 7) is 6.96. The molecule has 0 spiro atoms. The van der Waals surface area contributed by atoms with Crippen LogP contribution in [0.5, 0.6) is 0 Å². The van der Waals surface area contributed by atoms with Crippen molar-refractivity contribution in [3.8, 4) is 5.82 Å². The quantitative estimate of drug-likeness (QED) is 0.731. The molecule has 2 atom stereocenters. The smallest absolute Gasteiger partial charge is 0.255 e. The highest BCUT2D eigenvalue weighted by atomic mass is 35.5. The standard InChI is InChI=1S/C21H24N4O2.ClH/c1-13-9-17(15(3)25(13)20-10-14(2)27-23-20)21(26)24-11-18(19(22)12-24)16-7-5-4-6-8-16;/h4-10,18-19H,11-12,22H2,1-3H3;1H/t18-,19+;/m0./s1. The molecule has 148 valence electrons. The lowest BCUT2D eigenvalue weighted by Gasteiger charge is -2.16. The third-order valence-corrected chi connectivity index (χ3v) is 5.39. The first-order valence-electron chi connectivity index (χ1n) is 9.18. The molecule has 0 unspecified atom stereocenters. The number of likely N-dealkylation sites (tertiary alicyclic amines) is 1. The third kappa shape index (κ3) is 3.45. The topological polar surface area (TPSA) is 77.3 Å². The van der Waals surface area contributed by atoms with E-state index >= 15 is 0 Å². The predicted molar refractivity (Wildman–Crippen MR) is 110 cm³/mol. The summed E-state index contributed by atoms with van der Waals surface area (Å²) in [6.07, 6.45) is 0. The molecular weight excluding hydrogens is 376 g/mol. The Morgan fingerprint density at radius 1 is 1.14 bits per heavy atom. The second-order valence-corrected chi connectivity index (χ2v) is 7.31. The molecular formula is C21H25ClN4O2. The third-order valence-electron chi connectivity index (χ3n) is 5.39. The Morgan fingerprint density at radius 2 is 1.86 bits per heavy atom. The molecule has 2 N–H and O–H groups in total. The summed E-state index contributed by atoms with van der Waals surface area (Å²) >= 11 is 0. The summed E-state index contributed by atoms with van der Waals surface area (Å²) in [5.41, 5.74) is 10.1. The van der Waals surface area contributed by atoms with Gasteiger partial charge in [-0.2, -0.15) is 0 Å². The molecule has 0 saturated carbocycles. The largest absolute Gasteiger partial charge is 0.360 e. The van der Waals surface area contributed by atoms with Crippen molar-refractivity contribution in [3.05, 3.63) is 70.7 Å². The molecule has 0 bridgehead atoms. The minimum absolute atomic E-state index is 0. The number of rotatable bonds is 3. The van der Waals surface area contributed by atoms with Gasteiger partial charge in [-0.3, -0.25) is 9.36 Å². The van der Waals surface area contributed by atoms with Crippen LogP contribution in [-0.4, -0.2) is 39.7 Å². The fraction of sp³-hybridized carbons (Fsp3) is 0.333. The zero-order chi connectivity index (χ0) is 19.1. The lowest BCUT2D eigenvalue weighted by atomic mass is 9.95. The van der Waals surface area contributed by atoms with Crippen molar-refractivity contribution in [2.24, 2.45) is 5.73 Å². The molecule has 0 aliphatic carbocycles. The van der Waals surface area contributed by atoms with Gasteiger partial charge in [0.2, 0.25) is 0 Å². The van der Waals surface area contributed by atoms with E-state index in [4.69, 9.17) is 10.3 Å². The van der Waals surface area contributed by atoms with E-state index in [1.807, 2.05) is 60.6 Å². The van der Waals surface area contributed by atoms with E-state index in [0.717, 1.165) is 17.1 Å². The fourth-order valence-electron chi connectivity index (χ4n) is 4.01. The van der Waals surface area contributed by atoms with Crippen LogP contribution in [0.1, 0.15) is 39.0 Å². The molecule has 6 nitrogen and oxygen atoms in total. The molecule has 1 amide bonds. The molecule has 3 aromatic rings. The normalized spacial score (nSPS) is 18.9. The fourth-order valence-corrected chi connectivity index (χ4v) is 4.01. The summed E-state index contributed by atoms with van der Waals surface area (Å²) in [5, 5.41) is 4.08. The molecule has 0 radical (unpaired) electrons. The zero-order valence-electron chi connectivity index (χ0n) is 16.3. The highest BCUT2D eigenvalue weighted by Crippen LogP contribution is 2.29. The van der Waals surface area contributed by atoms with Crippen LogP contribution in [0.15, 0.2) is 47.0 Å². The lowest BCUT2D eigenvalue weighted by Crippen LogP contribution is -2.32. The first-order valence-corrected chi connectivity index (χ1v) is 9.18. The molecule has 3 heterocycles. The van der Waals surface area contributed by atoms with Gasteiger partial charge in [-0.05, 0) is 32.4 Å². The highest BCUT2D eigenvalue weighted by Gasteiger charge is 2.35. The summed E-state index contributed by atoms with van der Waals surface area (Å²) in [6, 6.07) is 13.9. The van der Waals surface area contributed by atoms with E-state index in [9.17, 15) is 4.79 Å². The number of aryl methyl sites for hydroxylation is 2. The SMILES string of the molecule is Cc1cc(-n2c(C)cc(C(=O)N3C[C@@H](N)[C@H](c4ccccc4)C3)c2C)no1.Cl. The van der Waals surface area contributed by atoms with E-state index < -0.39 is 0 Å². The summed E-state index contributed by atoms with van der Waals surface area (Å²) in [7, 11) is 0. The number of benzene rings is 1. The van der Waals surface area contributed by atoms with Crippen molar-refractivity contribution < 1.29 is 9.32 Å². The number of nitrogens with two attached hydrogens (primary N) is 1. The van der Waals surface area contributed by atoms with Gasteiger partial charge in [-0.15, -0.1) is 12.4 Å². The van der Waals surface area contributed by atoms with Crippen LogP contribution in [0.3, 0.4) is 0 Å². The Labute approximate surface area is 170 Å². The van der Waals surface area contributed by atoms with Gasteiger partial charge >= 0.3 is 0 Å². The molecule has 1 fully saturated rings. The second-order valence-electron chi connectivity index (χ2n) is 7.31. The molecule has 4 rings (SSSR count). The summed E-state index contributed by atoms with van der Waals surface area (Å²) in [5.74, 6) is 1.61. The van der Waals surface area contributed by atoms with Crippen molar-refractivity contribution in [3.63, 3.8) is 0 Å². The molecule has 7 heteroatoms. The number of carbonyl (C=O) groups excluding carboxylic acids is 1. The average Bonchev–Trinajstić information content (AvgIpc) is 3.33. The summed E-state index contributed by atoms with van der Waals surface area (Å²) in [4.78, 5) is 15.1. The van der Waals surface area contributed by atoms with Gasteiger partial charge < -0.3 is 15.2 Å². The van der Waals surface area contributed by atoms with Crippen molar-refractivity contribution in [2.75, 3.05) is 13.1 Å². The van der Waals surface area contributed by atoms with Crippen molar-refractivity contribution in [1.82, 2.24) is 14.6 Å².